The first-order chi connectivity index (χ1) is 22.6. The topological polar surface area (TPSA) is 25.8 Å². The molecule has 3 aliphatic carbocycles. The van der Waals surface area contributed by atoms with Crippen LogP contribution in [0.25, 0.3) is 27.8 Å². The van der Waals surface area contributed by atoms with Crippen molar-refractivity contribution in [2.45, 2.75) is 19.8 Å². The van der Waals surface area contributed by atoms with Crippen molar-refractivity contribution in [3.05, 3.63) is 198 Å². The summed E-state index contributed by atoms with van der Waals surface area (Å²) in [5.74, 6) is 0.705. The molecule has 0 radical (unpaired) electrons. The fourth-order valence-electron chi connectivity index (χ4n) is 7.79. The second-order valence-electron chi connectivity index (χ2n) is 12.9. The molecular weight excluding hydrogens is 556 g/mol. The maximum atomic E-state index is 4.28. The third-order valence-corrected chi connectivity index (χ3v) is 10.1. The largest absolute Gasteiger partial charge is 0.265 e. The Bertz CT molecular complexity index is 2060. The van der Waals surface area contributed by atoms with Crippen LogP contribution in [0.4, 0.5) is 0 Å². The smallest absolute Gasteiger partial charge is 0.0273 e. The fourth-order valence-corrected chi connectivity index (χ4v) is 7.79. The fraction of sp³-hybridized carbons (Fsp3) is 0.136. The molecule has 0 bridgehead atoms. The van der Waals surface area contributed by atoms with E-state index in [1.54, 1.807) is 0 Å². The van der Waals surface area contributed by atoms with Crippen LogP contribution in [0.5, 0.6) is 0 Å². The van der Waals surface area contributed by atoms with Crippen LogP contribution in [0.15, 0.2) is 170 Å². The van der Waals surface area contributed by atoms with Gasteiger partial charge in [0.15, 0.2) is 0 Å². The highest BCUT2D eigenvalue weighted by atomic mass is 14.6. The van der Waals surface area contributed by atoms with E-state index in [1.165, 1.54) is 61.2 Å². The second-order valence-corrected chi connectivity index (χ2v) is 12.9. The van der Waals surface area contributed by atoms with Crippen LogP contribution in [0, 0.1) is 17.3 Å². The average Bonchev–Trinajstić information content (AvgIpc) is 3.12. The van der Waals surface area contributed by atoms with Gasteiger partial charge in [-0.2, -0.15) is 0 Å². The lowest BCUT2D eigenvalue weighted by molar-refractivity contribution is 0.441. The lowest BCUT2D eigenvalue weighted by Crippen LogP contribution is -2.34. The van der Waals surface area contributed by atoms with E-state index in [9.17, 15) is 0 Å². The highest BCUT2D eigenvalue weighted by Crippen LogP contribution is 2.59. The minimum atomic E-state index is -0.260. The van der Waals surface area contributed by atoms with E-state index in [0.717, 1.165) is 0 Å². The predicted molar refractivity (Wildman–Crippen MR) is 191 cm³/mol. The number of hydrogen-bond acceptors (Lipinski definition) is 2. The summed E-state index contributed by atoms with van der Waals surface area (Å²) in [6.07, 6.45) is 22.0. The van der Waals surface area contributed by atoms with E-state index >= 15 is 0 Å². The van der Waals surface area contributed by atoms with E-state index in [0.29, 0.717) is 5.92 Å². The van der Waals surface area contributed by atoms with Gasteiger partial charge >= 0.3 is 0 Å². The number of nitrogens with zero attached hydrogens (tertiary/aromatic N) is 2. The molecule has 0 saturated carbocycles. The van der Waals surface area contributed by atoms with E-state index < -0.39 is 0 Å². The molecule has 0 spiro atoms. The molecule has 0 saturated heterocycles. The van der Waals surface area contributed by atoms with Gasteiger partial charge in [0.25, 0.3) is 0 Å². The maximum absolute atomic E-state index is 4.28. The number of rotatable bonds is 5. The summed E-state index contributed by atoms with van der Waals surface area (Å²) in [4.78, 5) is 8.54. The highest BCUT2D eigenvalue weighted by molar-refractivity contribution is 5.90. The number of pyridine rings is 2. The Balaban J connectivity index is 1.37. The Morgan fingerprint density at radius 3 is 2.09 bits per heavy atom. The molecular formula is C44H36N2. The minimum absolute atomic E-state index is 0.146. The molecule has 2 aromatic heterocycles. The first kappa shape index (κ1) is 28.2. The molecule has 4 atom stereocenters. The van der Waals surface area contributed by atoms with Crippen LogP contribution in [0.2, 0.25) is 0 Å². The van der Waals surface area contributed by atoms with Crippen molar-refractivity contribution in [3.63, 3.8) is 0 Å². The molecule has 2 heterocycles. The van der Waals surface area contributed by atoms with Gasteiger partial charge in [0, 0.05) is 42.0 Å². The average molecular weight is 593 g/mol. The van der Waals surface area contributed by atoms with Gasteiger partial charge < -0.3 is 0 Å². The van der Waals surface area contributed by atoms with E-state index in [2.05, 4.69) is 163 Å². The zero-order valence-corrected chi connectivity index (χ0v) is 26.2. The van der Waals surface area contributed by atoms with Gasteiger partial charge in [0.05, 0.1) is 0 Å². The van der Waals surface area contributed by atoms with Gasteiger partial charge in [0.2, 0.25) is 0 Å². The molecule has 0 aliphatic heterocycles. The van der Waals surface area contributed by atoms with Crippen molar-refractivity contribution in [1.29, 1.82) is 0 Å². The lowest BCUT2D eigenvalue weighted by Gasteiger charge is -2.47. The van der Waals surface area contributed by atoms with E-state index in [1.807, 2.05) is 24.8 Å². The zero-order valence-electron chi connectivity index (χ0n) is 26.2. The van der Waals surface area contributed by atoms with Crippen LogP contribution < -0.4 is 0 Å². The van der Waals surface area contributed by atoms with E-state index in [-0.39, 0.29) is 17.3 Å². The summed E-state index contributed by atoms with van der Waals surface area (Å²) in [7, 11) is 0. The summed E-state index contributed by atoms with van der Waals surface area (Å²) < 4.78 is 0. The quantitative estimate of drug-likeness (QED) is 0.203. The predicted octanol–water partition coefficient (Wildman–Crippen LogP) is 10.6. The third-order valence-electron chi connectivity index (χ3n) is 10.1. The number of benzene rings is 3. The Labute approximate surface area is 271 Å². The molecule has 3 aromatic carbocycles. The minimum Gasteiger partial charge on any atom is -0.265 e. The number of aromatic nitrogens is 2. The molecule has 222 valence electrons. The second kappa shape index (κ2) is 11.5. The molecule has 5 aromatic rings. The van der Waals surface area contributed by atoms with Crippen molar-refractivity contribution < 1.29 is 0 Å². The molecule has 2 heteroatoms. The van der Waals surface area contributed by atoms with Gasteiger partial charge in [-0.15, -0.1) is 0 Å². The molecule has 8 rings (SSSR count). The van der Waals surface area contributed by atoms with Crippen molar-refractivity contribution in [2.24, 2.45) is 17.3 Å². The number of hydrogen-bond donors (Lipinski definition) is 0. The zero-order chi connectivity index (χ0) is 31.1. The molecule has 4 unspecified atom stereocenters. The summed E-state index contributed by atoms with van der Waals surface area (Å²) >= 11 is 0. The third kappa shape index (κ3) is 4.82. The molecule has 0 N–H and O–H groups in total. The normalized spacial score (nSPS) is 23.3. The summed E-state index contributed by atoms with van der Waals surface area (Å²) in [5.41, 5.74) is 14.0. The van der Waals surface area contributed by atoms with Gasteiger partial charge in [-0.1, -0.05) is 123 Å². The van der Waals surface area contributed by atoms with Gasteiger partial charge in [0.1, 0.15) is 0 Å². The first-order valence-electron chi connectivity index (χ1n) is 16.2. The van der Waals surface area contributed by atoms with Crippen LogP contribution in [-0.4, -0.2) is 9.97 Å². The number of allylic oxidation sites excluding steroid dienone is 10. The Hall–Kier alpha value is -5.34. The molecule has 0 fully saturated rings. The van der Waals surface area contributed by atoms with Crippen molar-refractivity contribution in [2.75, 3.05) is 0 Å². The lowest BCUT2D eigenvalue weighted by atomic mass is 9.56. The molecule has 2 nitrogen and oxygen atoms in total. The van der Waals surface area contributed by atoms with Gasteiger partial charge in [-0.05, 0) is 97.5 Å². The Morgan fingerprint density at radius 2 is 1.30 bits per heavy atom. The first-order valence-corrected chi connectivity index (χ1v) is 16.2. The Kier molecular flexibility index (Phi) is 7.07. The SMILES string of the molecule is CC1C=CC(c2ccncc2)=CC1C1=C2C=C(c3ccccc3)C=CC2(C)C(c2cccc(-c3ccncc3)c2)c2ccccc21. The highest BCUT2D eigenvalue weighted by Gasteiger charge is 2.46. The summed E-state index contributed by atoms with van der Waals surface area (Å²) in [5, 5.41) is 0. The van der Waals surface area contributed by atoms with Crippen molar-refractivity contribution >= 4 is 16.7 Å². The maximum Gasteiger partial charge on any atom is 0.0273 e. The summed E-state index contributed by atoms with van der Waals surface area (Å²) in [6.45, 7) is 4.81. The number of fused-ring (bicyclic) bond motifs is 2. The van der Waals surface area contributed by atoms with Gasteiger partial charge in [-0.25, -0.2) is 0 Å². The molecule has 0 amide bonds. The van der Waals surface area contributed by atoms with Gasteiger partial charge in [-0.3, -0.25) is 9.97 Å². The van der Waals surface area contributed by atoms with Crippen LogP contribution in [0.3, 0.4) is 0 Å². The van der Waals surface area contributed by atoms with Crippen LogP contribution in [-0.2, 0) is 0 Å². The standard InChI is InChI=1S/C44H36N2/c1-30-15-16-35(33-20-25-46-26-21-33)28-40(30)42-38-13-6-7-14-39(38)43(37-12-8-11-34(27-37)32-18-23-45-24-19-32)44(2)22-17-36(29-41(42)44)31-9-4-3-5-10-31/h3-30,40,43H,1-2H3. The Morgan fingerprint density at radius 1 is 0.630 bits per heavy atom. The molecule has 46 heavy (non-hydrogen) atoms. The van der Waals surface area contributed by atoms with Crippen LogP contribution >= 0.6 is 0 Å². The van der Waals surface area contributed by atoms with Crippen molar-refractivity contribution in [1.82, 2.24) is 9.97 Å². The monoisotopic (exact) mass is 592 g/mol. The van der Waals surface area contributed by atoms with Crippen LogP contribution in [0.1, 0.15) is 47.6 Å². The van der Waals surface area contributed by atoms with E-state index in [4.69, 9.17) is 0 Å². The molecule has 3 aliphatic rings. The van der Waals surface area contributed by atoms with Crippen molar-refractivity contribution in [3.8, 4) is 11.1 Å². The summed E-state index contributed by atoms with van der Waals surface area (Å²) in [6, 6.07) is 37.5.